The highest BCUT2D eigenvalue weighted by atomic mass is 32.2. The second kappa shape index (κ2) is 9.61. The molecule has 3 atom stereocenters. The van der Waals surface area contributed by atoms with Crippen molar-refractivity contribution in [3.05, 3.63) is 54.5 Å². The van der Waals surface area contributed by atoms with Gasteiger partial charge in [-0.25, -0.2) is 23.4 Å². The molecule has 3 aromatic heterocycles. The highest BCUT2D eigenvalue weighted by Crippen LogP contribution is 2.45. The molecule has 0 bridgehead atoms. The molecule has 2 aliphatic rings. The number of hydrogen-bond acceptors (Lipinski definition) is 10. The number of nitrogens with zero attached hydrogens (tertiary/aromatic N) is 5. The molecule has 4 aromatic rings. The van der Waals surface area contributed by atoms with E-state index in [2.05, 4.69) is 9.88 Å². The van der Waals surface area contributed by atoms with Crippen molar-refractivity contribution in [2.24, 2.45) is 0 Å². The zero-order valence-electron chi connectivity index (χ0n) is 22.6. The van der Waals surface area contributed by atoms with Gasteiger partial charge in [-0.1, -0.05) is 18.2 Å². The number of ether oxygens (including phenoxy) is 2. The lowest BCUT2D eigenvalue weighted by Crippen LogP contribution is -2.56. The lowest BCUT2D eigenvalue weighted by atomic mass is 10.0. The second-order valence-electron chi connectivity index (χ2n) is 10.6. The van der Waals surface area contributed by atoms with Gasteiger partial charge in [-0.2, -0.15) is 0 Å². The number of nitrogen functional groups attached to an aromatic ring is 1. The standard InChI is InChI=1S/C27H30N6O5S2/c1-16-13-37-14-17-15-38-22-23(27(2,3)40(4,35)36)30-24(31-26(22)33(16)17)21-19-10-11-32(25(19)29-12-20(21)28)39(34)18-8-6-5-7-9-18/h5-12,16-17H,13-15,28H2,1-4H3/t16-,17?,39?/m1/s1. The molecule has 13 heteroatoms. The molecule has 1 saturated heterocycles. The molecular weight excluding hydrogens is 552 g/mol. The van der Waals surface area contributed by atoms with Gasteiger partial charge >= 0.3 is 0 Å². The van der Waals surface area contributed by atoms with Crippen LogP contribution in [0.1, 0.15) is 26.5 Å². The van der Waals surface area contributed by atoms with Crippen molar-refractivity contribution in [1.82, 2.24) is 18.9 Å². The molecular formula is C27H30N6O5S2. The van der Waals surface area contributed by atoms with Crippen LogP contribution < -0.4 is 15.4 Å². The fourth-order valence-corrected chi connectivity index (χ4v) is 6.72. The van der Waals surface area contributed by atoms with Crippen LogP contribution in [0.15, 0.2) is 53.7 Å². The van der Waals surface area contributed by atoms with E-state index >= 15 is 0 Å². The number of fused-ring (bicyclic) bond motifs is 4. The van der Waals surface area contributed by atoms with Crippen molar-refractivity contribution in [2.45, 2.75) is 42.5 Å². The third kappa shape index (κ3) is 4.19. The quantitative estimate of drug-likeness (QED) is 0.348. The second-order valence-corrected chi connectivity index (χ2v) is 14.5. The molecule has 11 nitrogen and oxygen atoms in total. The Balaban J connectivity index is 1.60. The number of hydrogen-bond donors (Lipinski definition) is 1. The Morgan fingerprint density at radius 3 is 2.60 bits per heavy atom. The first-order valence-electron chi connectivity index (χ1n) is 12.8. The molecule has 0 radical (unpaired) electrons. The number of aromatic nitrogens is 4. The topological polar surface area (TPSA) is 149 Å². The zero-order chi connectivity index (χ0) is 28.4. The largest absolute Gasteiger partial charge is 0.587 e. The predicted molar refractivity (Wildman–Crippen MR) is 153 cm³/mol. The number of pyridine rings is 1. The summed E-state index contributed by atoms with van der Waals surface area (Å²) < 4.78 is 51.5. The summed E-state index contributed by atoms with van der Waals surface area (Å²) in [5, 5.41) is 0.593. The summed E-state index contributed by atoms with van der Waals surface area (Å²) in [6, 6.07) is 10.7. The van der Waals surface area contributed by atoms with E-state index in [4.69, 9.17) is 25.2 Å². The predicted octanol–water partition coefficient (Wildman–Crippen LogP) is 2.91. The van der Waals surface area contributed by atoms with Crippen LogP contribution in [0.25, 0.3) is 22.4 Å². The number of sulfone groups is 1. The van der Waals surface area contributed by atoms with Crippen LogP contribution in [0, 0.1) is 0 Å². The average Bonchev–Trinajstić information content (AvgIpc) is 3.35. The van der Waals surface area contributed by atoms with Crippen LogP contribution in [0.2, 0.25) is 0 Å². The number of rotatable bonds is 5. The van der Waals surface area contributed by atoms with E-state index in [1.165, 1.54) is 12.5 Å². The normalized spacial score (nSPS) is 20.1. The molecule has 0 spiro atoms. The van der Waals surface area contributed by atoms with Gasteiger partial charge in [0.2, 0.25) is 0 Å². The van der Waals surface area contributed by atoms with Crippen LogP contribution in [0.4, 0.5) is 11.5 Å². The Hall–Kier alpha value is -3.39. The maximum absolute atomic E-state index is 13.4. The van der Waals surface area contributed by atoms with E-state index in [1.54, 1.807) is 42.2 Å². The number of benzene rings is 1. The van der Waals surface area contributed by atoms with Gasteiger partial charge in [0.1, 0.15) is 28.4 Å². The van der Waals surface area contributed by atoms with Crippen LogP contribution in [0.5, 0.6) is 5.75 Å². The maximum atomic E-state index is 13.4. The van der Waals surface area contributed by atoms with Crippen molar-refractivity contribution in [2.75, 3.05) is 36.7 Å². The molecule has 210 valence electrons. The maximum Gasteiger partial charge on any atom is 0.187 e. The summed E-state index contributed by atoms with van der Waals surface area (Å²) >= 11 is -1.55. The fourth-order valence-electron chi connectivity index (χ4n) is 5.14. The van der Waals surface area contributed by atoms with Crippen LogP contribution in [0.3, 0.4) is 0 Å². The molecule has 6 rings (SSSR count). The Morgan fingerprint density at radius 2 is 1.88 bits per heavy atom. The first-order valence-corrected chi connectivity index (χ1v) is 15.8. The lowest BCUT2D eigenvalue weighted by molar-refractivity contribution is 0.0482. The summed E-state index contributed by atoms with van der Waals surface area (Å²) in [5.41, 5.74) is 7.96. The number of morpholine rings is 1. The van der Waals surface area contributed by atoms with Crippen LogP contribution in [-0.2, 0) is 30.7 Å². The molecule has 0 aliphatic carbocycles. The van der Waals surface area contributed by atoms with Gasteiger partial charge in [-0.3, -0.25) is 0 Å². The van der Waals surface area contributed by atoms with E-state index in [-0.39, 0.29) is 23.6 Å². The summed E-state index contributed by atoms with van der Waals surface area (Å²) in [6.45, 7) is 6.53. The number of anilines is 2. The Morgan fingerprint density at radius 1 is 1.12 bits per heavy atom. The van der Waals surface area contributed by atoms with E-state index in [1.807, 2.05) is 25.1 Å². The Labute approximate surface area is 235 Å². The molecule has 0 saturated carbocycles. The minimum Gasteiger partial charge on any atom is -0.587 e. The molecule has 2 unspecified atom stereocenters. The molecule has 2 N–H and O–H groups in total. The van der Waals surface area contributed by atoms with Gasteiger partial charge in [-0.15, -0.1) is 3.97 Å². The van der Waals surface area contributed by atoms with Crippen molar-refractivity contribution in [1.29, 1.82) is 0 Å². The van der Waals surface area contributed by atoms with Crippen molar-refractivity contribution in [3.8, 4) is 17.1 Å². The monoisotopic (exact) mass is 582 g/mol. The summed E-state index contributed by atoms with van der Waals surface area (Å²) in [5.74, 6) is 1.08. The van der Waals surface area contributed by atoms with E-state index < -0.39 is 25.9 Å². The number of nitrogens with two attached hydrogens (primary N) is 1. The van der Waals surface area contributed by atoms with Crippen molar-refractivity contribution >= 4 is 43.7 Å². The van der Waals surface area contributed by atoms with Crippen molar-refractivity contribution in [3.63, 3.8) is 0 Å². The molecule has 1 fully saturated rings. The summed E-state index contributed by atoms with van der Waals surface area (Å²) in [6.07, 6.45) is 4.35. The Bertz CT molecular complexity index is 1710. The van der Waals surface area contributed by atoms with Gasteiger partial charge in [0.25, 0.3) is 0 Å². The van der Waals surface area contributed by atoms with Gasteiger partial charge in [0.05, 0.1) is 48.9 Å². The first-order chi connectivity index (χ1) is 19.0. The van der Waals surface area contributed by atoms with E-state index in [0.29, 0.717) is 58.6 Å². The average molecular weight is 583 g/mol. The third-order valence-electron chi connectivity index (χ3n) is 7.60. The minimum atomic E-state index is -3.62. The summed E-state index contributed by atoms with van der Waals surface area (Å²) in [4.78, 5) is 17.0. The van der Waals surface area contributed by atoms with E-state index in [9.17, 15) is 13.0 Å². The molecule has 1 aromatic carbocycles. The molecule has 2 aliphatic heterocycles. The van der Waals surface area contributed by atoms with Gasteiger partial charge in [0.15, 0.2) is 37.8 Å². The highest BCUT2D eigenvalue weighted by molar-refractivity contribution is 7.91. The Kier molecular flexibility index (Phi) is 6.44. The summed E-state index contributed by atoms with van der Waals surface area (Å²) in [7, 11) is -3.62. The third-order valence-corrected chi connectivity index (χ3v) is 11.0. The SMILES string of the molecule is C[C@@H]1COCC2COc3c(nc(-c4c(N)cnc5c4ccn5[S+]([O-])c4ccccc4)nc3C(C)(C)S(C)(=O)=O)N21. The minimum absolute atomic E-state index is 0.0254. The highest BCUT2D eigenvalue weighted by Gasteiger charge is 2.44. The lowest BCUT2D eigenvalue weighted by Gasteiger charge is -2.45. The molecule has 40 heavy (non-hydrogen) atoms. The van der Waals surface area contributed by atoms with Gasteiger partial charge in [-0.05, 0) is 39.0 Å². The molecule has 5 heterocycles. The van der Waals surface area contributed by atoms with Crippen molar-refractivity contribution < 1.29 is 22.4 Å². The fraction of sp³-hybridized carbons (Fsp3) is 0.370. The molecule has 0 amide bonds. The van der Waals surface area contributed by atoms with E-state index in [0.717, 1.165) is 0 Å². The zero-order valence-corrected chi connectivity index (χ0v) is 24.2. The van der Waals surface area contributed by atoms with Gasteiger partial charge in [0, 0.05) is 11.6 Å². The van der Waals surface area contributed by atoms with Gasteiger partial charge < -0.3 is 24.7 Å². The first kappa shape index (κ1) is 26.8. The van der Waals surface area contributed by atoms with Crippen LogP contribution in [-0.4, -0.2) is 70.1 Å². The van der Waals surface area contributed by atoms with Crippen LogP contribution >= 0.6 is 0 Å². The smallest absolute Gasteiger partial charge is 0.187 e.